The van der Waals surface area contributed by atoms with E-state index < -0.39 is 10.0 Å². The Bertz CT molecular complexity index is 681. The fourth-order valence-corrected chi connectivity index (χ4v) is 4.81. The smallest absolute Gasteiger partial charge is 0.243 e. The van der Waals surface area contributed by atoms with Gasteiger partial charge in [-0.15, -0.1) is 0 Å². The minimum Gasteiger partial charge on any atom is -0.381 e. The van der Waals surface area contributed by atoms with Gasteiger partial charge in [0.25, 0.3) is 0 Å². The van der Waals surface area contributed by atoms with Gasteiger partial charge in [0, 0.05) is 25.4 Å². The first-order valence-electron chi connectivity index (χ1n) is 8.45. The summed E-state index contributed by atoms with van der Waals surface area (Å²) in [5, 5.41) is 2.82. The number of carbonyl (C=O) groups is 1. The molecule has 1 N–H and O–H groups in total. The number of rotatable bonds is 4. The van der Waals surface area contributed by atoms with Gasteiger partial charge in [-0.2, -0.15) is 4.31 Å². The van der Waals surface area contributed by atoms with Crippen LogP contribution in [0, 0.1) is 11.8 Å². The Morgan fingerprint density at radius 1 is 1.25 bits per heavy atom. The highest BCUT2D eigenvalue weighted by Crippen LogP contribution is 2.24. The minimum atomic E-state index is -3.46. The molecule has 6 nitrogen and oxygen atoms in total. The summed E-state index contributed by atoms with van der Waals surface area (Å²) in [5.41, 5.74) is 0.609. The average molecular weight is 352 g/mol. The first-order valence-corrected chi connectivity index (χ1v) is 9.89. The molecule has 2 heterocycles. The van der Waals surface area contributed by atoms with E-state index >= 15 is 0 Å². The van der Waals surface area contributed by atoms with Gasteiger partial charge in [-0.3, -0.25) is 4.79 Å². The molecule has 0 spiro atoms. The number of ether oxygens (including phenoxy) is 1. The third kappa shape index (κ3) is 3.79. The molecule has 2 aliphatic rings. The van der Waals surface area contributed by atoms with Crippen molar-refractivity contribution in [3.05, 3.63) is 24.3 Å². The van der Waals surface area contributed by atoms with Crippen LogP contribution in [0.15, 0.2) is 29.2 Å². The van der Waals surface area contributed by atoms with Gasteiger partial charge in [0.1, 0.15) is 0 Å². The van der Waals surface area contributed by atoms with Crippen molar-refractivity contribution in [2.75, 3.05) is 31.6 Å². The number of sulfonamides is 1. The van der Waals surface area contributed by atoms with E-state index in [1.54, 1.807) is 28.6 Å². The van der Waals surface area contributed by atoms with Gasteiger partial charge in [0.05, 0.1) is 17.4 Å². The highest BCUT2D eigenvalue weighted by Gasteiger charge is 2.28. The van der Waals surface area contributed by atoms with Crippen molar-refractivity contribution in [3.8, 4) is 0 Å². The summed E-state index contributed by atoms with van der Waals surface area (Å²) in [7, 11) is -3.46. The fourth-order valence-electron chi connectivity index (χ4n) is 3.21. The van der Waals surface area contributed by atoms with E-state index in [-0.39, 0.29) is 16.7 Å². The van der Waals surface area contributed by atoms with Crippen molar-refractivity contribution >= 4 is 21.6 Å². The Kier molecular flexibility index (Phi) is 5.22. The standard InChI is InChI=1S/C17H24N2O4S/c1-13-3-2-9-19(11-13)24(21,22)16-6-4-15(5-7-16)18-17(20)14-8-10-23-12-14/h4-7,13-14H,2-3,8-12H2,1H3,(H,18,20). The lowest BCUT2D eigenvalue weighted by atomic mass is 10.0. The molecular weight excluding hydrogens is 328 g/mol. The lowest BCUT2D eigenvalue weighted by molar-refractivity contribution is -0.119. The summed E-state index contributed by atoms with van der Waals surface area (Å²) in [6, 6.07) is 6.42. The van der Waals surface area contributed by atoms with Gasteiger partial charge >= 0.3 is 0 Å². The number of piperidine rings is 1. The summed E-state index contributed by atoms with van der Waals surface area (Å²) in [4.78, 5) is 12.3. The monoisotopic (exact) mass is 352 g/mol. The van der Waals surface area contributed by atoms with Gasteiger partial charge in [-0.25, -0.2) is 8.42 Å². The van der Waals surface area contributed by atoms with Gasteiger partial charge in [-0.05, 0) is 49.4 Å². The molecule has 1 amide bonds. The third-order valence-corrected chi connectivity index (χ3v) is 6.56. The van der Waals surface area contributed by atoms with Crippen LogP contribution in [-0.2, 0) is 19.6 Å². The van der Waals surface area contributed by atoms with Crippen LogP contribution in [0.25, 0.3) is 0 Å². The zero-order valence-corrected chi connectivity index (χ0v) is 14.7. The first-order chi connectivity index (χ1) is 11.5. The molecule has 2 fully saturated rings. The van der Waals surface area contributed by atoms with E-state index in [1.165, 1.54) is 0 Å². The number of carbonyl (C=O) groups excluding carboxylic acids is 1. The molecule has 24 heavy (non-hydrogen) atoms. The molecule has 7 heteroatoms. The molecule has 2 aliphatic heterocycles. The zero-order chi connectivity index (χ0) is 17.2. The highest BCUT2D eigenvalue weighted by molar-refractivity contribution is 7.89. The van der Waals surface area contributed by atoms with Crippen LogP contribution in [0.1, 0.15) is 26.2 Å². The largest absolute Gasteiger partial charge is 0.381 e. The highest BCUT2D eigenvalue weighted by atomic mass is 32.2. The SMILES string of the molecule is CC1CCCN(S(=O)(=O)c2ccc(NC(=O)C3CCOC3)cc2)C1. The Labute approximate surface area is 143 Å². The maximum atomic E-state index is 12.7. The van der Waals surface area contributed by atoms with Gasteiger partial charge in [-0.1, -0.05) is 6.92 Å². The number of nitrogens with one attached hydrogen (secondary N) is 1. The molecule has 1 aromatic carbocycles. The zero-order valence-electron chi connectivity index (χ0n) is 13.9. The van der Waals surface area contributed by atoms with E-state index in [1.807, 2.05) is 0 Å². The van der Waals surface area contributed by atoms with Crippen LogP contribution < -0.4 is 5.32 Å². The van der Waals surface area contributed by atoms with E-state index in [2.05, 4.69) is 12.2 Å². The van der Waals surface area contributed by atoms with E-state index in [0.29, 0.717) is 37.9 Å². The Hall–Kier alpha value is -1.44. The maximum absolute atomic E-state index is 12.7. The van der Waals surface area contributed by atoms with Crippen LogP contribution in [-0.4, -0.2) is 44.9 Å². The lowest BCUT2D eigenvalue weighted by Crippen LogP contribution is -2.39. The van der Waals surface area contributed by atoms with Crippen molar-refractivity contribution < 1.29 is 17.9 Å². The van der Waals surface area contributed by atoms with Crippen molar-refractivity contribution in [2.45, 2.75) is 31.1 Å². The van der Waals surface area contributed by atoms with Gasteiger partial charge in [0.2, 0.25) is 15.9 Å². The molecule has 0 aliphatic carbocycles. The predicted octanol–water partition coefficient (Wildman–Crippen LogP) is 2.08. The Morgan fingerprint density at radius 2 is 2.00 bits per heavy atom. The number of anilines is 1. The Morgan fingerprint density at radius 3 is 2.62 bits per heavy atom. The van der Waals surface area contributed by atoms with Crippen LogP contribution in [0.4, 0.5) is 5.69 Å². The molecule has 2 atom stereocenters. The first kappa shape index (κ1) is 17.4. The molecule has 0 saturated carbocycles. The topological polar surface area (TPSA) is 75.7 Å². The molecule has 0 radical (unpaired) electrons. The van der Waals surface area contributed by atoms with Crippen molar-refractivity contribution in [2.24, 2.45) is 11.8 Å². The third-order valence-electron chi connectivity index (χ3n) is 4.68. The molecule has 132 valence electrons. The molecule has 3 rings (SSSR count). The molecule has 1 aromatic rings. The minimum absolute atomic E-state index is 0.0760. The van der Waals surface area contributed by atoms with E-state index in [9.17, 15) is 13.2 Å². The number of amides is 1. The summed E-state index contributed by atoms with van der Waals surface area (Å²) >= 11 is 0. The van der Waals surface area contributed by atoms with Crippen LogP contribution in [0.3, 0.4) is 0 Å². The molecule has 0 bridgehead atoms. The van der Waals surface area contributed by atoms with Crippen molar-refractivity contribution in [1.29, 1.82) is 0 Å². The Balaban J connectivity index is 1.68. The lowest BCUT2D eigenvalue weighted by Gasteiger charge is -2.30. The molecule has 2 saturated heterocycles. The fraction of sp³-hybridized carbons (Fsp3) is 0.588. The quantitative estimate of drug-likeness (QED) is 0.900. The summed E-state index contributed by atoms with van der Waals surface area (Å²) < 4.78 is 32.2. The predicted molar refractivity (Wildman–Crippen MR) is 91.2 cm³/mol. The van der Waals surface area contributed by atoms with Gasteiger partial charge in [0.15, 0.2) is 0 Å². The van der Waals surface area contributed by atoms with Crippen molar-refractivity contribution in [1.82, 2.24) is 4.31 Å². The summed E-state index contributed by atoms with van der Waals surface area (Å²) in [5.74, 6) is 0.192. The second-order valence-electron chi connectivity index (χ2n) is 6.68. The van der Waals surface area contributed by atoms with Crippen LogP contribution in [0.5, 0.6) is 0 Å². The molecule has 0 aromatic heterocycles. The van der Waals surface area contributed by atoms with Crippen molar-refractivity contribution in [3.63, 3.8) is 0 Å². The van der Waals surface area contributed by atoms with E-state index in [4.69, 9.17) is 4.74 Å². The average Bonchev–Trinajstić information content (AvgIpc) is 3.10. The number of benzene rings is 1. The second-order valence-corrected chi connectivity index (χ2v) is 8.62. The number of hydrogen-bond donors (Lipinski definition) is 1. The second kappa shape index (κ2) is 7.21. The number of hydrogen-bond acceptors (Lipinski definition) is 4. The van der Waals surface area contributed by atoms with Crippen LogP contribution >= 0.6 is 0 Å². The summed E-state index contributed by atoms with van der Waals surface area (Å²) in [6.07, 6.45) is 2.70. The number of nitrogens with zero attached hydrogens (tertiary/aromatic N) is 1. The summed E-state index contributed by atoms with van der Waals surface area (Å²) in [6.45, 7) is 4.29. The molecule has 2 unspecified atom stereocenters. The van der Waals surface area contributed by atoms with E-state index in [0.717, 1.165) is 19.3 Å². The maximum Gasteiger partial charge on any atom is 0.243 e. The van der Waals surface area contributed by atoms with Crippen LogP contribution in [0.2, 0.25) is 0 Å². The van der Waals surface area contributed by atoms with Gasteiger partial charge < -0.3 is 10.1 Å². The molecular formula is C17H24N2O4S. The normalized spacial score (nSPS) is 25.5.